The third-order valence-electron chi connectivity index (χ3n) is 3.63. The number of benzene rings is 1. The lowest BCUT2D eigenvalue weighted by molar-refractivity contribution is -0.0238. The molecule has 0 saturated carbocycles. The molecule has 120 valence electrons. The third kappa shape index (κ3) is 3.24. The van der Waals surface area contributed by atoms with E-state index in [1.807, 2.05) is 0 Å². The number of aromatic carboxylic acids is 1. The number of morpholine rings is 1. The average molecular weight is 319 g/mol. The van der Waals surface area contributed by atoms with Gasteiger partial charge >= 0.3 is 5.97 Å². The average Bonchev–Trinajstić information content (AvgIpc) is 3.04. The molecule has 1 atom stereocenters. The predicted molar refractivity (Wildman–Crippen MR) is 76.7 cm³/mol. The van der Waals surface area contributed by atoms with Gasteiger partial charge in [0.05, 0.1) is 18.7 Å². The molecule has 2 heterocycles. The van der Waals surface area contributed by atoms with Crippen molar-refractivity contribution in [2.75, 3.05) is 19.7 Å². The number of ether oxygens (including phenoxy) is 1. The van der Waals surface area contributed by atoms with Crippen molar-refractivity contribution >= 4 is 11.9 Å². The Morgan fingerprint density at radius 2 is 2.13 bits per heavy atom. The molecule has 6 nitrogen and oxygen atoms in total. The molecule has 1 aliphatic rings. The maximum atomic E-state index is 13.3. The number of carboxylic acid groups (broad SMARTS) is 1. The lowest BCUT2D eigenvalue weighted by Crippen LogP contribution is -2.42. The van der Waals surface area contributed by atoms with Crippen LogP contribution in [0, 0.1) is 5.82 Å². The molecule has 3 rings (SSSR count). The van der Waals surface area contributed by atoms with Crippen LogP contribution in [0.5, 0.6) is 0 Å². The fraction of sp³-hybridized carbons (Fsp3) is 0.250. The molecule has 0 bridgehead atoms. The molecular weight excluding hydrogens is 305 g/mol. The van der Waals surface area contributed by atoms with Crippen LogP contribution >= 0.6 is 0 Å². The highest BCUT2D eigenvalue weighted by Gasteiger charge is 2.28. The fourth-order valence-corrected chi connectivity index (χ4v) is 2.46. The molecule has 0 aliphatic carbocycles. The molecule has 0 spiro atoms. The van der Waals surface area contributed by atoms with Gasteiger partial charge in [0.2, 0.25) is 0 Å². The molecule has 23 heavy (non-hydrogen) atoms. The van der Waals surface area contributed by atoms with Crippen molar-refractivity contribution in [3.63, 3.8) is 0 Å². The van der Waals surface area contributed by atoms with E-state index in [0.717, 1.165) is 6.26 Å². The molecule has 0 radical (unpaired) electrons. The Bertz CT molecular complexity index is 742. The second kappa shape index (κ2) is 6.21. The zero-order chi connectivity index (χ0) is 16.4. The summed E-state index contributed by atoms with van der Waals surface area (Å²) < 4.78 is 23.9. The zero-order valence-electron chi connectivity index (χ0n) is 12.1. The van der Waals surface area contributed by atoms with E-state index in [1.54, 1.807) is 12.1 Å². The molecule has 7 heteroatoms. The minimum atomic E-state index is -1.16. The Kier molecular flexibility index (Phi) is 4.12. The summed E-state index contributed by atoms with van der Waals surface area (Å²) >= 11 is 0. The minimum Gasteiger partial charge on any atom is -0.478 e. The van der Waals surface area contributed by atoms with Gasteiger partial charge in [-0.3, -0.25) is 4.79 Å². The SMILES string of the molecule is O=C(O)c1coc(C(=O)N2CCOC(c3cccc(F)c3)C2)c1. The fourth-order valence-electron chi connectivity index (χ4n) is 2.46. The number of carbonyl (C=O) groups is 2. The van der Waals surface area contributed by atoms with Gasteiger partial charge in [0.15, 0.2) is 5.76 Å². The summed E-state index contributed by atoms with van der Waals surface area (Å²) in [5.74, 6) is -1.98. The number of carboxylic acids is 1. The van der Waals surface area contributed by atoms with Gasteiger partial charge in [-0.05, 0) is 17.7 Å². The number of nitrogens with zero attached hydrogens (tertiary/aromatic N) is 1. The number of rotatable bonds is 3. The van der Waals surface area contributed by atoms with Gasteiger partial charge in [-0.25, -0.2) is 9.18 Å². The minimum absolute atomic E-state index is 0.0395. The molecule has 1 amide bonds. The first-order valence-corrected chi connectivity index (χ1v) is 7.03. The number of furan rings is 1. The van der Waals surface area contributed by atoms with E-state index in [1.165, 1.54) is 23.1 Å². The normalized spacial score (nSPS) is 18.0. The Morgan fingerprint density at radius 1 is 1.30 bits per heavy atom. The summed E-state index contributed by atoms with van der Waals surface area (Å²) in [7, 11) is 0. The summed E-state index contributed by atoms with van der Waals surface area (Å²) in [5, 5.41) is 8.87. The first-order valence-electron chi connectivity index (χ1n) is 7.03. The van der Waals surface area contributed by atoms with Gasteiger partial charge in [-0.15, -0.1) is 0 Å². The van der Waals surface area contributed by atoms with Crippen LogP contribution in [0.25, 0.3) is 0 Å². The lowest BCUT2D eigenvalue weighted by atomic mass is 10.1. The Balaban J connectivity index is 1.75. The summed E-state index contributed by atoms with van der Waals surface area (Å²) in [6.07, 6.45) is 0.595. The highest BCUT2D eigenvalue weighted by molar-refractivity contribution is 5.95. The second-order valence-corrected chi connectivity index (χ2v) is 5.17. The van der Waals surface area contributed by atoms with Gasteiger partial charge < -0.3 is 19.2 Å². The summed E-state index contributed by atoms with van der Waals surface area (Å²) in [6, 6.07) is 7.22. The van der Waals surface area contributed by atoms with E-state index in [0.29, 0.717) is 18.7 Å². The molecule has 1 saturated heterocycles. The lowest BCUT2D eigenvalue weighted by Gasteiger charge is -2.32. The van der Waals surface area contributed by atoms with E-state index < -0.39 is 18.0 Å². The zero-order valence-corrected chi connectivity index (χ0v) is 12.1. The molecule has 1 unspecified atom stereocenters. The number of halogens is 1. The maximum absolute atomic E-state index is 13.3. The highest BCUT2D eigenvalue weighted by atomic mass is 19.1. The monoisotopic (exact) mass is 319 g/mol. The van der Waals surface area contributed by atoms with Gasteiger partial charge in [0.1, 0.15) is 18.2 Å². The smallest absolute Gasteiger partial charge is 0.338 e. The van der Waals surface area contributed by atoms with E-state index in [2.05, 4.69) is 0 Å². The van der Waals surface area contributed by atoms with Crippen molar-refractivity contribution in [1.82, 2.24) is 4.90 Å². The van der Waals surface area contributed by atoms with Crippen molar-refractivity contribution in [2.45, 2.75) is 6.10 Å². The highest BCUT2D eigenvalue weighted by Crippen LogP contribution is 2.24. The quantitative estimate of drug-likeness (QED) is 0.939. The van der Waals surface area contributed by atoms with E-state index in [-0.39, 0.29) is 23.7 Å². The Labute approximate surface area is 131 Å². The van der Waals surface area contributed by atoms with Crippen molar-refractivity contribution in [2.24, 2.45) is 0 Å². The summed E-state index contributed by atoms with van der Waals surface area (Å²) in [4.78, 5) is 24.7. The van der Waals surface area contributed by atoms with E-state index in [4.69, 9.17) is 14.3 Å². The van der Waals surface area contributed by atoms with E-state index in [9.17, 15) is 14.0 Å². The summed E-state index contributed by atoms with van der Waals surface area (Å²) in [6.45, 7) is 0.901. The third-order valence-corrected chi connectivity index (χ3v) is 3.63. The molecule has 1 fully saturated rings. The number of hydrogen-bond acceptors (Lipinski definition) is 4. The van der Waals surface area contributed by atoms with Gasteiger partial charge in [-0.2, -0.15) is 0 Å². The largest absolute Gasteiger partial charge is 0.478 e. The molecule has 2 aromatic rings. The van der Waals surface area contributed by atoms with Crippen LogP contribution in [0.2, 0.25) is 0 Å². The molecule has 1 aromatic carbocycles. The Morgan fingerprint density at radius 3 is 2.83 bits per heavy atom. The number of carbonyl (C=O) groups excluding carboxylic acids is 1. The maximum Gasteiger partial charge on any atom is 0.338 e. The molecule has 1 aromatic heterocycles. The molecular formula is C16H14FNO5. The number of amides is 1. The van der Waals surface area contributed by atoms with Crippen LogP contribution in [0.3, 0.4) is 0 Å². The molecule has 1 aliphatic heterocycles. The van der Waals surface area contributed by atoms with Crippen LogP contribution in [0.4, 0.5) is 4.39 Å². The van der Waals surface area contributed by atoms with Gasteiger partial charge in [0.25, 0.3) is 5.91 Å². The van der Waals surface area contributed by atoms with Gasteiger partial charge in [-0.1, -0.05) is 12.1 Å². The van der Waals surface area contributed by atoms with Crippen LogP contribution in [0.15, 0.2) is 41.0 Å². The van der Waals surface area contributed by atoms with E-state index >= 15 is 0 Å². The van der Waals surface area contributed by atoms with Crippen molar-refractivity contribution in [3.8, 4) is 0 Å². The first kappa shape index (κ1) is 15.2. The van der Waals surface area contributed by atoms with Crippen LogP contribution in [0.1, 0.15) is 32.6 Å². The summed E-state index contributed by atoms with van der Waals surface area (Å²) in [5.41, 5.74) is 0.566. The van der Waals surface area contributed by atoms with Crippen molar-refractivity contribution in [1.29, 1.82) is 0 Å². The standard InChI is InChI=1S/C16H14FNO5/c17-12-3-1-2-10(6-12)14-8-18(4-5-22-14)15(19)13-7-11(9-23-13)16(20)21/h1-3,6-7,9,14H,4-5,8H2,(H,20,21). The second-order valence-electron chi connectivity index (χ2n) is 5.17. The first-order chi connectivity index (χ1) is 11.0. The predicted octanol–water partition coefficient (Wildman–Crippen LogP) is 2.33. The number of hydrogen-bond donors (Lipinski definition) is 1. The van der Waals surface area contributed by atoms with Crippen LogP contribution in [-0.4, -0.2) is 41.6 Å². The molecule has 1 N–H and O–H groups in total. The van der Waals surface area contributed by atoms with Crippen LogP contribution < -0.4 is 0 Å². The van der Waals surface area contributed by atoms with Crippen molar-refractivity contribution < 1.29 is 28.2 Å². The van der Waals surface area contributed by atoms with Crippen molar-refractivity contribution in [3.05, 3.63) is 59.3 Å². The van der Waals surface area contributed by atoms with Crippen LogP contribution in [-0.2, 0) is 4.74 Å². The van der Waals surface area contributed by atoms with Gasteiger partial charge in [0, 0.05) is 12.6 Å². The Hall–Kier alpha value is -2.67. The topological polar surface area (TPSA) is 80.0 Å².